The van der Waals surface area contributed by atoms with Crippen LogP contribution in [0.5, 0.6) is 0 Å². The van der Waals surface area contributed by atoms with Crippen molar-refractivity contribution in [3.05, 3.63) is 46.4 Å². The molecule has 2 rings (SSSR count). The molecule has 0 bridgehead atoms. The maximum atomic E-state index is 12.1. The first kappa shape index (κ1) is 13.1. The van der Waals surface area contributed by atoms with Crippen LogP contribution in [0.25, 0.3) is 11.0 Å². The first-order valence-corrected chi connectivity index (χ1v) is 6.12. The lowest BCUT2D eigenvalue weighted by molar-refractivity contribution is -0.132. The van der Waals surface area contributed by atoms with Crippen molar-refractivity contribution in [1.29, 1.82) is 0 Å². The van der Waals surface area contributed by atoms with Gasteiger partial charge in [0.05, 0.1) is 11.0 Å². The Hall–Kier alpha value is -2.30. The van der Waals surface area contributed by atoms with E-state index in [1.807, 2.05) is 24.3 Å². The number of carboxylic acids is 1. The fourth-order valence-corrected chi connectivity index (χ4v) is 2.12. The molecule has 0 aliphatic carbocycles. The van der Waals surface area contributed by atoms with Gasteiger partial charge in [0.2, 0.25) is 0 Å². The molecule has 0 fully saturated rings. The first-order chi connectivity index (χ1) is 9.06. The number of hydrogen-bond donors (Lipinski definition) is 1. The number of allylic oxidation sites excluding steroid dienone is 1. The van der Waals surface area contributed by atoms with E-state index < -0.39 is 5.97 Å². The van der Waals surface area contributed by atoms with Crippen LogP contribution in [0.15, 0.2) is 40.7 Å². The summed E-state index contributed by atoms with van der Waals surface area (Å²) in [6, 6.07) is 7.46. The average Bonchev–Trinajstić information content (AvgIpc) is 2.64. The number of rotatable bonds is 4. The van der Waals surface area contributed by atoms with Crippen molar-refractivity contribution in [2.75, 3.05) is 0 Å². The minimum absolute atomic E-state index is 0.140. The van der Waals surface area contributed by atoms with Crippen molar-refractivity contribution < 1.29 is 9.90 Å². The Balaban J connectivity index is 2.50. The van der Waals surface area contributed by atoms with Gasteiger partial charge in [-0.2, -0.15) is 0 Å². The van der Waals surface area contributed by atoms with Gasteiger partial charge in [0.25, 0.3) is 0 Å². The quantitative estimate of drug-likeness (QED) is 0.852. The molecule has 1 aromatic carbocycles. The van der Waals surface area contributed by atoms with Crippen molar-refractivity contribution in [3.8, 4) is 0 Å². The van der Waals surface area contributed by atoms with Gasteiger partial charge in [0, 0.05) is 19.2 Å². The molecule has 0 aliphatic rings. The van der Waals surface area contributed by atoms with E-state index in [0.717, 1.165) is 11.0 Å². The number of nitrogens with zero attached hydrogens (tertiary/aromatic N) is 2. The normalized spacial score (nSPS) is 12.0. The van der Waals surface area contributed by atoms with Gasteiger partial charge in [0.15, 0.2) is 0 Å². The van der Waals surface area contributed by atoms with Crippen molar-refractivity contribution in [2.24, 2.45) is 7.05 Å². The summed E-state index contributed by atoms with van der Waals surface area (Å²) in [5.41, 5.74) is 1.83. The zero-order valence-corrected chi connectivity index (χ0v) is 11.0. The number of fused-ring (bicyclic) bond motifs is 1. The second-order valence-corrected chi connectivity index (χ2v) is 4.33. The molecule has 0 atom stereocenters. The predicted octanol–water partition coefficient (Wildman–Crippen LogP) is 1.76. The highest BCUT2D eigenvalue weighted by molar-refractivity contribution is 5.86. The van der Waals surface area contributed by atoms with E-state index in [1.165, 1.54) is 0 Å². The van der Waals surface area contributed by atoms with Gasteiger partial charge in [-0.1, -0.05) is 25.1 Å². The van der Waals surface area contributed by atoms with Gasteiger partial charge >= 0.3 is 11.7 Å². The summed E-state index contributed by atoms with van der Waals surface area (Å²) in [6.45, 7) is 2.06. The zero-order chi connectivity index (χ0) is 14.0. The molecule has 0 radical (unpaired) electrons. The highest BCUT2D eigenvalue weighted by atomic mass is 16.4. The van der Waals surface area contributed by atoms with Crippen LogP contribution < -0.4 is 5.69 Å². The molecule has 0 spiro atoms. The SMILES string of the molecule is CCC(=CCn1c(=O)n(C)c2ccccc21)C(=O)O. The standard InChI is InChI=1S/C14H16N2O3/c1-3-10(13(17)18)8-9-16-12-7-5-4-6-11(12)15(2)14(16)19/h4-8H,3,9H2,1-2H3,(H,17,18). The van der Waals surface area contributed by atoms with E-state index in [2.05, 4.69) is 0 Å². The van der Waals surface area contributed by atoms with Crippen LogP contribution in [-0.2, 0) is 18.4 Å². The highest BCUT2D eigenvalue weighted by Gasteiger charge is 2.10. The van der Waals surface area contributed by atoms with Crippen LogP contribution in [-0.4, -0.2) is 20.2 Å². The van der Waals surface area contributed by atoms with E-state index in [1.54, 1.807) is 29.2 Å². The molecule has 19 heavy (non-hydrogen) atoms. The molecule has 100 valence electrons. The minimum Gasteiger partial charge on any atom is -0.478 e. The molecular weight excluding hydrogens is 244 g/mol. The molecule has 2 aromatic rings. The molecule has 1 heterocycles. The zero-order valence-electron chi connectivity index (χ0n) is 11.0. The lowest BCUT2D eigenvalue weighted by Gasteiger charge is -2.01. The Labute approximate surface area is 110 Å². The number of para-hydroxylation sites is 2. The van der Waals surface area contributed by atoms with Crippen LogP contribution >= 0.6 is 0 Å². The third-order valence-electron chi connectivity index (χ3n) is 3.23. The lowest BCUT2D eigenvalue weighted by Crippen LogP contribution is -2.22. The second-order valence-electron chi connectivity index (χ2n) is 4.33. The van der Waals surface area contributed by atoms with Gasteiger partial charge in [-0.15, -0.1) is 0 Å². The number of carbonyl (C=O) groups is 1. The fraction of sp³-hybridized carbons (Fsp3) is 0.286. The molecule has 0 saturated heterocycles. The monoisotopic (exact) mass is 260 g/mol. The third-order valence-corrected chi connectivity index (χ3v) is 3.23. The Morgan fingerprint density at radius 1 is 1.32 bits per heavy atom. The largest absolute Gasteiger partial charge is 0.478 e. The third kappa shape index (κ3) is 2.31. The summed E-state index contributed by atoms with van der Waals surface area (Å²) in [7, 11) is 1.71. The summed E-state index contributed by atoms with van der Waals surface area (Å²) in [5, 5.41) is 8.98. The van der Waals surface area contributed by atoms with Gasteiger partial charge < -0.3 is 5.11 Å². The summed E-state index contributed by atoms with van der Waals surface area (Å²) < 4.78 is 3.14. The molecule has 1 aromatic heterocycles. The van der Waals surface area contributed by atoms with Crippen LogP contribution in [0, 0.1) is 0 Å². The van der Waals surface area contributed by atoms with E-state index in [9.17, 15) is 9.59 Å². The summed E-state index contributed by atoms with van der Waals surface area (Å²) in [4.78, 5) is 23.1. The number of carboxylic acid groups (broad SMARTS) is 1. The number of hydrogen-bond acceptors (Lipinski definition) is 2. The topological polar surface area (TPSA) is 64.2 Å². The van der Waals surface area contributed by atoms with Gasteiger partial charge in [-0.25, -0.2) is 9.59 Å². The number of benzene rings is 1. The van der Waals surface area contributed by atoms with Crippen LogP contribution in [0.4, 0.5) is 0 Å². The summed E-state index contributed by atoms with van der Waals surface area (Å²) in [5.74, 6) is -0.934. The molecule has 0 unspecified atom stereocenters. The Kier molecular flexibility index (Phi) is 3.55. The minimum atomic E-state index is -0.934. The van der Waals surface area contributed by atoms with Crippen molar-refractivity contribution in [3.63, 3.8) is 0 Å². The fourth-order valence-electron chi connectivity index (χ4n) is 2.12. The molecule has 5 nitrogen and oxygen atoms in total. The average molecular weight is 260 g/mol. The maximum absolute atomic E-state index is 12.1. The molecule has 1 N–H and O–H groups in total. The van der Waals surface area contributed by atoms with E-state index in [-0.39, 0.29) is 12.2 Å². The second kappa shape index (κ2) is 5.14. The molecular formula is C14H16N2O3. The molecule has 0 aliphatic heterocycles. The van der Waals surface area contributed by atoms with Crippen LogP contribution in [0.3, 0.4) is 0 Å². The smallest absolute Gasteiger partial charge is 0.331 e. The molecule has 5 heteroatoms. The lowest BCUT2D eigenvalue weighted by atomic mass is 10.2. The Morgan fingerprint density at radius 2 is 1.95 bits per heavy atom. The van der Waals surface area contributed by atoms with Crippen LogP contribution in [0.2, 0.25) is 0 Å². The number of aryl methyl sites for hydroxylation is 1. The Bertz CT molecular complexity index is 707. The van der Waals surface area contributed by atoms with Crippen molar-refractivity contribution in [1.82, 2.24) is 9.13 Å². The summed E-state index contributed by atoms with van der Waals surface area (Å²) in [6.07, 6.45) is 2.03. The summed E-state index contributed by atoms with van der Waals surface area (Å²) >= 11 is 0. The Morgan fingerprint density at radius 3 is 2.53 bits per heavy atom. The highest BCUT2D eigenvalue weighted by Crippen LogP contribution is 2.12. The van der Waals surface area contributed by atoms with E-state index >= 15 is 0 Å². The first-order valence-electron chi connectivity index (χ1n) is 6.12. The predicted molar refractivity (Wildman–Crippen MR) is 73.2 cm³/mol. The van der Waals surface area contributed by atoms with E-state index in [4.69, 9.17) is 5.11 Å². The van der Waals surface area contributed by atoms with Gasteiger partial charge in [0.1, 0.15) is 0 Å². The van der Waals surface area contributed by atoms with Crippen molar-refractivity contribution in [2.45, 2.75) is 19.9 Å². The van der Waals surface area contributed by atoms with Gasteiger partial charge in [-0.3, -0.25) is 9.13 Å². The number of aliphatic carboxylic acids is 1. The van der Waals surface area contributed by atoms with Crippen molar-refractivity contribution >= 4 is 17.0 Å². The number of aromatic nitrogens is 2. The maximum Gasteiger partial charge on any atom is 0.331 e. The molecule has 0 amide bonds. The number of imidazole rings is 1. The van der Waals surface area contributed by atoms with E-state index in [0.29, 0.717) is 12.0 Å². The van der Waals surface area contributed by atoms with Gasteiger partial charge in [-0.05, 0) is 18.6 Å². The molecule has 0 saturated carbocycles. The van der Waals surface area contributed by atoms with Crippen LogP contribution in [0.1, 0.15) is 13.3 Å².